The lowest BCUT2D eigenvalue weighted by Crippen LogP contribution is -2.25. The van der Waals surface area contributed by atoms with Crippen molar-refractivity contribution >= 4 is 22.9 Å². The van der Waals surface area contributed by atoms with Gasteiger partial charge in [0.2, 0.25) is 5.91 Å². The van der Waals surface area contributed by atoms with Gasteiger partial charge in [-0.05, 0) is 19.1 Å². The van der Waals surface area contributed by atoms with Gasteiger partial charge >= 0.3 is 5.97 Å². The van der Waals surface area contributed by atoms with E-state index in [4.69, 9.17) is 4.74 Å². The van der Waals surface area contributed by atoms with E-state index in [1.165, 1.54) is 0 Å². The maximum atomic E-state index is 12.1. The fourth-order valence-corrected chi connectivity index (χ4v) is 3.19. The van der Waals surface area contributed by atoms with Gasteiger partial charge in [0.1, 0.15) is 12.4 Å². The molecule has 1 aliphatic heterocycles. The van der Waals surface area contributed by atoms with Crippen molar-refractivity contribution in [2.45, 2.75) is 25.8 Å². The Morgan fingerprint density at radius 1 is 1.46 bits per heavy atom. The van der Waals surface area contributed by atoms with E-state index in [1.54, 1.807) is 17.9 Å². The van der Waals surface area contributed by atoms with E-state index in [9.17, 15) is 9.59 Å². The van der Waals surface area contributed by atoms with Gasteiger partial charge in [-0.3, -0.25) is 9.59 Å². The summed E-state index contributed by atoms with van der Waals surface area (Å²) < 4.78 is 6.96. The van der Waals surface area contributed by atoms with Crippen molar-refractivity contribution in [1.82, 2.24) is 14.5 Å². The zero-order valence-corrected chi connectivity index (χ0v) is 13.8. The number of carbonyl (C=O) groups excluding carboxylic acids is 2. The van der Waals surface area contributed by atoms with Crippen LogP contribution in [0.1, 0.15) is 25.1 Å². The number of rotatable bonds is 6. The molecule has 0 saturated carbocycles. The zero-order valence-electron chi connectivity index (χ0n) is 13.8. The van der Waals surface area contributed by atoms with E-state index >= 15 is 0 Å². The van der Waals surface area contributed by atoms with Gasteiger partial charge in [0.25, 0.3) is 0 Å². The minimum absolute atomic E-state index is 0.0284. The van der Waals surface area contributed by atoms with E-state index in [1.807, 2.05) is 28.8 Å². The van der Waals surface area contributed by atoms with Crippen LogP contribution in [-0.4, -0.2) is 46.0 Å². The quantitative estimate of drug-likeness (QED) is 0.602. The second kappa shape index (κ2) is 6.86. The first kappa shape index (κ1) is 16.2. The molecule has 1 saturated heterocycles. The number of ether oxygens (including phenoxy) is 1. The SMILES string of the molecule is C=CCN1C[C@@H](c2nc3ccccc3n2CC(=O)OCC)CC1=O. The summed E-state index contributed by atoms with van der Waals surface area (Å²) in [7, 11) is 0. The largest absolute Gasteiger partial charge is 0.465 e. The third-order valence-corrected chi connectivity index (χ3v) is 4.21. The van der Waals surface area contributed by atoms with Gasteiger partial charge in [-0.2, -0.15) is 0 Å². The minimum atomic E-state index is -0.297. The van der Waals surface area contributed by atoms with Crippen LogP contribution in [0.15, 0.2) is 36.9 Å². The van der Waals surface area contributed by atoms with E-state index < -0.39 is 0 Å². The topological polar surface area (TPSA) is 64.4 Å². The molecule has 126 valence electrons. The van der Waals surface area contributed by atoms with Crippen molar-refractivity contribution in [2.24, 2.45) is 0 Å². The number of aromatic nitrogens is 2. The molecule has 0 unspecified atom stereocenters. The van der Waals surface area contributed by atoms with Gasteiger partial charge in [0.15, 0.2) is 0 Å². The smallest absolute Gasteiger partial charge is 0.326 e. The molecule has 24 heavy (non-hydrogen) atoms. The molecule has 0 aliphatic carbocycles. The maximum Gasteiger partial charge on any atom is 0.326 e. The van der Waals surface area contributed by atoms with Gasteiger partial charge in [-0.1, -0.05) is 18.2 Å². The molecule has 2 heterocycles. The number of imidazole rings is 1. The molecule has 0 bridgehead atoms. The summed E-state index contributed by atoms with van der Waals surface area (Å²) in [5.41, 5.74) is 1.71. The van der Waals surface area contributed by atoms with Crippen molar-refractivity contribution in [3.8, 4) is 0 Å². The van der Waals surface area contributed by atoms with E-state index in [0.717, 1.165) is 16.9 Å². The number of para-hydroxylation sites is 2. The lowest BCUT2D eigenvalue weighted by Gasteiger charge is -2.15. The Labute approximate surface area is 140 Å². The summed E-state index contributed by atoms with van der Waals surface area (Å²) in [5, 5.41) is 0. The van der Waals surface area contributed by atoms with Crippen molar-refractivity contribution < 1.29 is 14.3 Å². The fourth-order valence-electron chi connectivity index (χ4n) is 3.19. The summed E-state index contributed by atoms with van der Waals surface area (Å²) in [4.78, 5) is 30.6. The number of likely N-dealkylation sites (tertiary alicyclic amines) is 1. The maximum absolute atomic E-state index is 12.1. The number of benzene rings is 1. The molecule has 6 heteroatoms. The minimum Gasteiger partial charge on any atom is -0.465 e. The average molecular weight is 327 g/mol. The number of nitrogens with zero attached hydrogens (tertiary/aromatic N) is 3. The molecule has 3 rings (SSSR count). The lowest BCUT2D eigenvalue weighted by molar-refractivity contribution is -0.143. The highest BCUT2D eigenvalue weighted by Crippen LogP contribution is 2.30. The van der Waals surface area contributed by atoms with Crippen LogP contribution in [0.2, 0.25) is 0 Å². The standard InChI is InChI=1S/C18H21N3O3/c1-3-9-20-11-13(10-16(20)22)18-19-14-7-5-6-8-15(14)21(18)12-17(23)24-4-2/h3,5-8,13H,1,4,9-12H2,2H3/t13-/m0/s1. The predicted molar refractivity (Wildman–Crippen MR) is 90.5 cm³/mol. The van der Waals surface area contributed by atoms with Gasteiger partial charge in [-0.25, -0.2) is 4.98 Å². The van der Waals surface area contributed by atoms with Crippen molar-refractivity contribution in [1.29, 1.82) is 0 Å². The van der Waals surface area contributed by atoms with Crippen LogP contribution in [0, 0.1) is 0 Å². The first-order chi connectivity index (χ1) is 11.6. The van der Waals surface area contributed by atoms with Crippen LogP contribution < -0.4 is 0 Å². The summed E-state index contributed by atoms with van der Waals surface area (Å²) in [6.07, 6.45) is 2.13. The monoisotopic (exact) mass is 327 g/mol. The number of fused-ring (bicyclic) bond motifs is 1. The first-order valence-corrected chi connectivity index (χ1v) is 8.13. The van der Waals surface area contributed by atoms with Crippen LogP contribution in [0.4, 0.5) is 0 Å². The number of hydrogen-bond acceptors (Lipinski definition) is 4. The van der Waals surface area contributed by atoms with Crippen molar-refractivity contribution in [3.63, 3.8) is 0 Å². The molecule has 1 aliphatic rings. The normalized spacial score (nSPS) is 17.5. The summed E-state index contributed by atoms with van der Waals surface area (Å²) in [5.74, 6) is 0.534. The number of esters is 1. The Morgan fingerprint density at radius 2 is 2.25 bits per heavy atom. The second-order valence-corrected chi connectivity index (χ2v) is 5.84. The Balaban J connectivity index is 1.96. The molecular weight excluding hydrogens is 306 g/mol. The lowest BCUT2D eigenvalue weighted by atomic mass is 10.1. The molecule has 1 fully saturated rings. The molecular formula is C18H21N3O3. The summed E-state index contributed by atoms with van der Waals surface area (Å²) in [6, 6.07) is 7.68. The summed E-state index contributed by atoms with van der Waals surface area (Å²) in [6.45, 7) is 7.06. The van der Waals surface area contributed by atoms with Crippen LogP contribution in [0.3, 0.4) is 0 Å². The molecule has 1 atom stereocenters. The van der Waals surface area contributed by atoms with Gasteiger partial charge in [0, 0.05) is 25.4 Å². The first-order valence-electron chi connectivity index (χ1n) is 8.13. The molecule has 0 N–H and O–H groups in total. The third-order valence-electron chi connectivity index (χ3n) is 4.21. The number of hydrogen-bond donors (Lipinski definition) is 0. The van der Waals surface area contributed by atoms with E-state index in [0.29, 0.717) is 26.1 Å². The molecule has 0 radical (unpaired) electrons. The molecule has 6 nitrogen and oxygen atoms in total. The predicted octanol–water partition coefficient (Wildman–Crippen LogP) is 2.10. The Hall–Kier alpha value is -2.63. The summed E-state index contributed by atoms with van der Waals surface area (Å²) >= 11 is 0. The van der Waals surface area contributed by atoms with Crippen LogP contribution >= 0.6 is 0 Å². The molecule has 1 amide bonds. The van der Waals surface area contributed by atoms with E-state index in [-0.39, 0.29) is 24.3 Å². The van der Waals surface area contributed by atoms with E-state index in [2.05, 4.69) is 11.6 Å². The van der Waals surface area contributed by atoms with Crippen LogP contribution in [0.25, 0.3) is 11.0 Å². The molecule has 1 aromatic heterocycles. The Morgan fingerprint density at radius 3 is 3.00 bits per heavy atom. The Bertz CT molecular complexity index is 781. The second-order valence-electron chi connectivity index (χ2n) is 5.84. The third kappa shape index (κ3) is 3.04. The van der Waals surface area contributed by atoms with Crippen LogP contribution in [0.5, 0.6) is 0 Å². The number of amides is 1. The average Bonchev–Trinajstić information content (AvgIpc) is 3.10. The van der Waals surface area contributed by atoms with Gasteiger partial charge < -0.3 is 14.2 Å². The number of carbonyl (C=O) groups is 2. The van der Waals surface area contributed by atoms with Crippen molar-refractivity contribution in [3.05, 3.63) is 42.7 Å². The van der Waals surface area contributed by atoms with Gasteiger partial charge in [0.05, 0.1) is 17.6 Å². The molecule has 1 aromatic carbocycles. The highest BCUT2D eigenvalue weighted by atomic mass is 16.5. The van der Waals surface area contributed by atoms with Gasteiger partial charge in [-0.15, -0.1) is 6.58 Å². The molecule has 0 spiro atoms. The molecule has 2 aromatic rings. The van der Waals surface area contributed by atoms with Crippen molar-refractivity contribution in [2.75, 3.05) is 19.7 Å². The van der Waals surface area contributed by atoms with Crippen LogP contribution in [-0.2, 0) is 20.9 Å². The zero-order chi connectivity index (χ0) is 17.1. The fraction of sp³-hybridized carbons (Fsp3) is 0.389. The Kier molecular flexibility index (Phi) is 4.64. The highest BCUT2D eigenvalue weighted by Gasteiger charge is 2.33. The highest BCUT2D eigenvalue weighted by molar-refractivity contribution is 5.82.